The van der Waals surface area contributed by atoms with Crippen molar-refractivity contribution in [2.45, 2.75) is 60.0 Å². The van der Waals surface area contributed by atoms with Gasteiger partial charge in [-0.1, -0.05) is 40.0 Å². The minimum atomic E-state index is -0.746. The van der Waals surface area contributed by atoms with Crippen LogP contribution in [-0.4, -0.2) is 55.5 Å². The number of hydrogen-bond donors (Lipinski definition) is 0. The maximum absolute atomic E-state index is 15.8. The third-order valence-electron chi connectivity index (χ3n) is 7.50. The molecule has 1 aliphatic rings. The molecule has 1 aromatic carbocycles. The van der Waals surface area contributed by atoms with Gasteiger partial charge in [-0.3, -0.25) is 9.78 Å². The van der Waals surface area contributed by atoms with Gasteiger partial charge >= 0.3 is 5.69 Å². The van der Waals surface area contributed by atoms with E-state index in [4.69, 9.17) is 0 Å². The number of rotatable bonds is 5. The van der Waals surface area contributed by atoms with E-state index in [-0.39, 0.29) is 54.1 Å². The van der Waals surface area contributed by atoms with Crippen molar-refractivity contribution in [1.82, 2.24) is 24.4 Å². The van der Waals surface area contributed by atoms with Gasteiger partial charge in [0.25, 0.3) is 0 Å². The molecule has 1 fully saturated rings. The molecule has 1 amide bonds. The first-order valence-corrected chi connectivity index (χ1v) is 13.6. The lowest BCUT2D eigenvalue weighted by Gasteiger charge is -2.44. The summed E-state index contributed by atoms with van der Waals surface area (Å²) < 4.78 is 32.0. The van der Waals surface area contributed by atoms with Gasteiger partial charge in [0.1, 0.15) is 23.1 Å². The number of benzene rings is 1. The highest BCUT2D eigenvalue weighted by atomic mass is 19.1. The lowest BCUT2D eigenvalue weighted by atomic mass is 10.0. The van der Waals surface area contributed by atoms with Crippen molar-refractivity contribution < 1.29 is 13.6 Å². The average Bonchev–Trinajstić information content (AvgIpc) is 2.92. The van der Waals surface area contributed by atoms with Crippen molar-refractivity contribution in [3.8, 4) is 16.9 Å². The fourth-order valence-corrected chi connectivity index (χ4v) is 5.71. The summed E-state index contributed by atoms with van der Waals surface area (Å²) in [7, 11) is 0. The molecule has 42 heavy (non-hydrogen) atoms. The Balaban J connectivity index is 0.00000405. The molecule has 1 aliphatic heterocycles. The van der Waals surface area contributed by atoms with Crippen molar-refractivity contribution >= 4 is 22.8 Å². The molecular weight excluding hydrogens is 538 g/mol. The first-order chi connectivity index (χ1) is 19.5. The molecule has 0 radical (unpaired) electrons. The maximum atomic E-state index is 15.8. The van der Waals surface area contributed by atoms with Gasteiger partial charge in [-0.25, -0.2) is 23.1 Å². The van der Waals surface area contributed by atoms with Crippen LogP contribution in [0.3, 0.4) is 0 Å². The number of halogens is 2. The smallest absolute Gasteiger partial charge is 0.352 e. The van der Waals surface area contributed by atoms with Crippen LogP contribution in [0.2, 0.25) is 0 Å². The third kappa shape index (κ3) is 5.17. The summed E-state index contributed by atoms with van der Waals surface area (Å²) in [6.07, 6.45) is 2.96. The Labute approximate surface area is 244 Å². The van der Waals surface area contributed by atoms with Crippen LogP contribution in [0.4, 0.5) is 14.6 Å². The highest BCUT2D eigenvalue weighted by Crippen LogP contribution is 2.34. The quantitative estimate of drug-likeness (QED) is 0.280. The molecule has 0 N–H and O–H groups in total. The third-order valence-corrected chi connectivity index (χ3v) is 7.50. The molecule has 220 valence electrons. The molecule has 1 saturated heterocycles. The zero-order chi connectivity index (χ0) is 29.6. The minimum Gasteiger partial charge on any atom is -0.352 e. The zero-order valence-corrected chi connectivity index (χ0v) is 23.7. The maximum Gasteiger partial charge on any atom is 0.355 e. The van der Waals surface area contributed by atoms with Crippen LogP contribution in [0.15, 0.2) is 60.0 Å². The Bertz CT molecular complexity index is 1720. The molecule has 0 aliphatic carbocycles. The predicted octanol–water partition coefficient (Wildman–Crippen LogP) is 5.80. The van der Waals surface area contributed by atoms with Gasteiger partial charge in [0, 0.05) is 36.9 Å². The van der Waals surface area contributed by atoms with Gasteiger partial charge in [-0.2, -0.15) is 4.98 Å². The largest absolute Gasteiger partial charge is 0.355 e. The second kappa shape index (κ2) is 11.8. The lowest BCUT2D eigenvalue weighted by Crippen LogP contribution is -2.58. The first kappa shape index (κ1) is 30.5. The van der Waals surface area contributed by atoms with Gasteiger partial charge < -0.3 is 9.80 Å². The summed E-state index contributed by atoms with van der Waals surface area (Å²) in [5.41, 5.74) is 1.22. The number of aromatic nitrogens is 4. The summed E-state index contributed by atoms with van der Waals surface area (Å²) in [5.74, 6) is -1.36. The first-order valence-electron chi connectivity index (χ1n) is 13.6. The average molecular weight is 575 g/mol. The summed E-state index contributed by atoms with van der Waals surface area (Å²) in [5, 5.41) is 0.294. The van der Waals surface area contributed by atoms with Crippen molar-refractivity contribution in [3.05, 3.63) is 88.6 Å². The van der Waals surface area contributed by atoms with Crippen molar-refractivity contribution in [2.24, 2.45) is 0 Å². The molecule has 8 nitrogen and oxygen atoms in total. The van der Waals surface area contributed by atoms with E-state index in [2.05, 4.69) is 21.5 Å². The van der Waals surface area contributed by atoms with E-state index in [1.165, 1.54) is 34.9 Å². The van der Waals surface area contributed by atoms with Gasteiger partial charge in [0.2, 0.25) is 5.91 Å². The number of hydrogen-bond acceptors (Lipinski definition) is 6. The normalized spacial score (nSPS) is 17.0. The number of piperazine rings is 1. The van der Waals surface area contributed by atoms with Crippen molar-refractivity contribution in [1.29, 1.82) is 0 Å². The summed E-state index contributed by atoms with van der Waals surface area (Å²) in [6.45, 7) is 13.9. The monoisotopic (exact) mass is 574 g/mol. The van der Waals surface area contributed by atoms with E-state index >= 15 is 4.39 Å². The van der Waals surface area contributed by atoms with E-state index in [1.54, 1.807) is 23.2 Å². The van der Waals surface area contributed by atoms with E-state index in [0.717, 1.165) is 5.56 Å². The van der Waals surface area contributed by atoms with E-state index in [9.17, 15) is 14.0 Å². The van der Waals surface area contributed by atoms with Gasteiger partial charge in [0.05, 0.1) is 16.8 Å². The molecule has 0 unspecified atom stereocenters. The molecule has 10 heteroatoms. The van der Waals surface area contributed by atoms with Crippen molar-refractivity contribution in [3.63, 3.8) is 0 Å². The standard InChI is InChI=1S/C31H32F2N6O2.CH4/c1-7-25(40)38-19(5)15-37(16-20(38)6)29-22-14-24(33)27(21-10-8-9-11-23(21)32)35-30(22)39(31(41)36-29)28-18(4)12-13-34-26(28)17(2)3;/h7-14,17,19-20H,1,15-16H2,2-6H3;1H4/t19-,20+;. The molecule has 0 spiro atoms. The molecular formula is C32H36F2N6O2. The number of aryl methyl sites for hydroxylation is 1. The minimum absolute atomic E-state index is 0. The number of anilines is 1. The number of pyridine rings is 2. The second-order valence-corrected chi connectivity index (χ2v) is 10.8. The van der Waals surface area contributed by atoms with Crippen LogP contribution < -0.4 is 10.6 Å². The highest BCUT2D eigenvalue weighted by Gasteiger charge is 2.34. The predicted molar refractivity (Wildman–Crippen MR) is 162 cm³/mol. The van der Waals surface area contributed by atoms with E-state index in [0.29, 0.717) is 29.9 Å². The summed E-state index contributed by atoms with van der Waals surface area (Å²) in [4.78, 5) is 43.6. The molecule has 2 atom stereocenters. The molecule has 0 saturated carbocycles. The fourth-order valence-electron chi connectivity index (χ4n) is 5.71. The Kier molecular flexibility index (Phi) is 8.56. The molecule has 4 heterocycles. The fraction of sp³-hybridized carbons (Fsp3) is 0.344. The molecule has 5 rings (SSSR count). The van der Waals surface area contributed by atoms with Crippen LogP contribution in [-0.2, 0) is 4.79 Å². The zero-order valence-electron chi connectivity index (χ0n) is 23.7. The molecule has 3 aromatic heterocycles. The number of fused-ring (bicyclic) bond motifs is 1. The topological polar surface area (TPSA) is 84.2 Å². The molecule has 4 aromatic rings. The number of carbonyl (C=O) groups is 1. The van der Waals surface area contributed by atoms with Crippen LogP contribution >= 0.6 is 0 Å². The van der Waals surface area contributed by atoms with Crippen molar-refractivity contribution in [2.75, 3.05) is 18.0 Å². The lowest BCUT2D eigenvalue weighted by molar-refractivity contribution is -0.130. The number of amides is 1. The second-order valence-electron chi connectivity index (χ2n) is 10.8. The van der Waals surface area contributed by atoms with Crippen LogP contribution in [0, 0.1) is 18.6 Å². The number of carbonyl (C=O) groups excluding carboxylic acids is 1. The highest BCUT2D eigenvalue weighted by molar-refractivity contribution is 5.91. The van der Waals surface area contributed by atoms with Crippen LogP contribution in [0.25, 0.3) is 28.0 Å². The Morgan fingerprint density at radius 1 is 1.07 bits per heavy atom. The van der Waals surface area contributed by atoms with Crippen LogP contribution in [0.1, 0.15) is 52.3 Å². The molecule has 0 bridgehead atoms. The van der Waals surface area contributed by atoms with Crippen LogP contribution in [0.5, 0.6) is 0 Å². The Morgan fingerprint density at radius 2 is 1.74 bits per heavy atom. The van der Waals surface area contributed by atoms with Gasteiger partial charge in [-0.05, 0) is 62.6 Å². The Hall–Kier alpha value is -4.47. The Morgan fingerprint density at radius 3 is 2.36 bits per heavy atom. The SMILES string of the molecule is C.C=CC(=O)N1[C@H](C)CN(c2nc(=O)n(-c3c(C)ccnc3C(C)C)c3nc(-c4ccccc4F)c(F)cc23)C[C@@H]1C. The van der Waals surface area contributed by atoms with Gasteiger partial charge in [0.15, 0.2) is 5.65 Å². The number of nitrogens with zero attached hydrogens (tertiary/aromatic N) is 6. The summed E-state index contributed by atoms with van der Waals surface area (Å²) >= 11 is 0. The van der Waals surface area contributed by atoms with E-state index < -0.39 is 17.3 Å². The van der Waals surface area contributed by atoms with E-state index in [1.807, 2.05) is 39.5 Å². The summed E-state index contributed by atoms with van der Waals surface area (Å²) in [6, 6.07) is 8.39. The van der Waals surface area contributed by atoms with Gasteiger partial charge in [-0.15, -0.1) is 0 Å².